The number of esters is 1. The Kier molecular flexibility index (Phi) is 5.60. The number of halogens is 1. The molecular formula is C17H16ClNO4. The highest BCUT2D eigenvalue weighted by molar-refractivity contribution is 6.30. The average Bonchev–Trinajstić information content (AvgIpc) is 2.55. The first kappa shape index (κ1) is 16.8. The molecule has 0 saturated carbocycles. The van der Waals surface area contributed by atoms with E-state index in [1.807, 2.05) is 12.1 Å². The minimum Gasteiger partial charge on any atom is -0.506 e. The molecule has 2 N–H and O–H groups in total. The fourth-order valence-electron chi connectivity index (χ4n) is 2.00. The SMILES string of the molecule is COC(=O)c1ccc(NC(=O)CCc2ccc(Cl)cc2)c(O)c1. The maximum atomic E-state index is 11.9. The number of ether oxygens (including phenoxy) is 1. The summed E-state index contributed by atoms with van der Waals surface area (Å²) in [7, 11) is 1.26. The second kappa shape index (κ2) is 7.65. The zero-order valence-electron chi connectivity index (χ0n) is 12.5. The fourth-order valence-corrected chi connectivity index (χ4v) is 2.13. The van der Waals surface area contributed by atoms with Gasteiger partial charge in [-0.3, -0.25) is 4.79 Å². The van der Waals surface area contributed by atoms with Crippen molar-refractivity contribution in [1.82, 2.24) is 0 Å². The molecule has 0 saturated heterocycles. The summed E-state index contributed by atoms with van der Waals surface area (Å²) in [5, 5.41) is 13.1. The molecule has 0 aromatic heterocycles. The van der Waals surface area contributed by atoms with Crippen molar-refractivity contribution >= 4 is 29.2 Å². The third-order valence-electron chi connectivity index (χ3n) is 3.25. The average molecular weight is 334 g/mol. The minimum atomic E-state index is -0.555. The number of carbonyl (C=O) groups is 2. The molecule has 23 heavy (non-hydrogen) atoms. The zero-order valence-corrected chi connectivity index (χ0v) is 13.3. The largest absolute Gasteiger partial charge is 0.506 e. The van der Waals surface area contributed by atoms with E-state index in [0.29, 0.717) is 11.4 Å². The van der Waals surface area contributed by atoms with E-state index in [1.165, 1.54) is 25.3 Å². The Morgan fingerprint density at radius 3 is 2.48 bits per heavy atom. The van der Waals surface area contributed by atoms with Gasteiger partial charge in [-0.15, -0.1) is 0 Å². The first-order chi connectivity index (χ1) is 11.0. The second-order valence-electron chi connectivity index (χ2n) is 4.90. The molecule has 6 heteroatoms. The number of carbonyl (C=O) groups excluding carboxylic acids is 2. The molecule has 2 rings (SSSR count). The Morgan fingerprint density at radius 2 is 1.87 bits per heavy atom. The smallest absolute Gasteiger partial charge is 0.337 e. The van der Waals surface area contributed by atoms with Crippen LogP contribution < -0.4 is 5.32 Å². The first-order valence-electron chi connectivity index (χ1n) is 6.95. The lowest BCUT2D eigenvalue weighted by Crippen LogP contribution is -2.12. The monoisotopic (exact) mass is 333 g/mol. The molecule has 0 radical (unpaired) electrons. The molecule has 5 nitrogen and oxygen atoms in total. The van der Waals surface area contributed by atoms with E-state index >= 15 is 0 Å². The number of phenols is 1. The quantitative estimate of drug-likeness (QED) is 0.649. The molecule has 0 bridgehead atoms. The van der Waals surface area contributed by atoms with Crippen LogP contribution in [-0.2, 0) is 16.0 Å². The van der Waals surface area contributed by atoms with Crippen molar-refractivity contribution in [3.8, 4) is 5.75 Å². The molecule has 0 fully saturated rings. The summed E-state index contributed by atoms with van der Waals surface area (Å²) < 4.78 is 4.56. The molecule has 120 valence electrons. The van der Waals surface area contributed by atoms with Crippen LogP contribution in [0.2, 0.25) is 5.02 Å². The molecule has 2 aromatic rings. The van der Waals surface area contributed by atoms with Crippen molar-refractivity contribution in [1.29, 1.82) is 0 Å². The van der Waals surface area contributed by atoms with Gasteiger partial charge in [0, 0.05) is 11.4 Å². The van der Waals surface area contributed by atoms with Crippen LogP contribution in [0, 0.1) is 0 Å². The second-order valence-corrected chi connectivity index (χ2v) is 5.33. The van der Waals surface area contributed by atoms with Gasteiger partial charge in [-0.1, -0.05) is 23.7 Å². The van der Waals surface area contributed by atoms with Crippen molar-refractivity contribution in [3.05, 3.63) is 58.6 Å². The summed E-state index contributed by atoms with van der Waals surface area (Å²) in [5.41, 5.74) is 1.46. The number of nitrogens with one attached hydrogen (secondary N) is 1. The van der Waals surface area contributed by atoms with Gasteiger partial charge in [0.15, 0.2) is 0 Å². The van der Waals surface area contributed by atoms with Crippen molar-refractivity contribution in [3.63, 3.8) is 0 Å². The molecule has 0 unspecified atom stereocenters. The van der Waals surface area contributed by atoms with Crippen LogP contribution in [0.5, 0.6) is 5.75 Å². The van der Waals surface area contributed by atoms with E-state index in [0.717, 1.165) is 5.56 Å². The number of benzene rings is 2. The number of phenolic OH excluding ortho intramolecular Hbond substituents is 1. The minimum absolute atomic E-state index is 0.187. The molecule has 0 heterocycles. The predicted octanol–water partition coefficient (Wildman–Crippen LogP) is 3.40. The lowest BCUT2D eigenvalue weighted by Gasteiger charge is -2.08. The van der Waals surface area contributed by atoms with Gasteiger partial charge in [-0.25, -0.2) is 4.79 Å². The van der Waals surface area contributed by atoms with Gasteiger partial charge in [0.25, 0.3) is 0 Å². The highest BCUT2D eigenvalue weighted by Gasteiger charge is 2.11. The Hall–Kier alpha value is -2.53. The molecule has 2 aromatic carbocycles. The maximum Gasteiger partial charge on any atom is 0.337 e. The lowest BCUT2D eigenvalue weighted by atomic mass is 10.1. The summed E-state index contributed by atoms with van der Waals surface area (Å²) in [4.78, 5) is 23.3. The van der Waals surface area contributed by atoms with Crippen LogP contribution in [0.15, 0.2) is 42.5 Å². The van der Waals surface area contributed by atoms with Crippen LogP contribution in [0.25, 0.3) is 0 Å². The van der Waals surface area contributed by atoms with Crippen LogP contribution in [0.4, 0.5) is 5.69 Å². The number of amides is 1. The summed E-state index contributed by atoms with van der Waals surface area (Å²) in [5.74, 6) is -0.977. The molecule has 1 amide bonds. The topological polar surface area (TPSA) is 75.6 Å². The van der Waals surface area contributed by atoms with Crippen LogP contribution in [0.3, 0.4) is 0 Å². The maximum absolute atomic E-state index is 11.9. The van der Waals surface area contributed by atoms with Gasteiger partial charge in [0.05, 0.1) is 18.4 Å². The molecule has 0 aliphatic rings. The Morgan fingerprint density at radius 1 is 1.17 bits per heavy atom. The summed E-state index contributed by atoms with van der Waals surface area (Å²) in [6.45, 7) is 0. The number of aromatic hydroxyl groups is 1. The molecule has 0 aliphatic carbocycles. The number of aryl methyl sites for hydroxylation is 1. The number of anilines is 1. The van der Waals surface area contributed by atoms with Gasteiger partial charge >= 0.3 is 5.97 Å². The van der Waals surface area contributed by atoms with E-state index in [9.17, 15) is 14.7 Å². The van der Waals surface area contributed by atoms with E-state index < -0.39 is 5.97 Å². The van der Waals surface area contributed by atoms with Crippen LogP contribution >= 0.6 is 11.6 Å². The van der Waals surface area contributed by atoms with E-state index in [1.54, 1.807) is 12.1 Å². The summed E-state index contributed by atoms with van der Waals surface area (Å²) in [6, 6.07) is 11.4. The van der Waals surface area contributed by atoms with Gasteiger partial charge in [-0.2, -0.15) is 0 Å². The lowest BCUT2D eigenvalue weighted by molar-refractivity contribution is -0.116. The third-order valence-corrected chi connectivity index (χ3v) is 3.50. The Balaban J connectivity index is 1.94. The predicted molar refractivity (Wildman–Crippen MR) is 87.8 cm³/mol. The zero-order chi connectivity index (χ0) is 16.8. The summed E-state index contributed by atoms with van der Waals surface area (Å²) >= 11 is 5.80. The van der Waals surface area contributed by atoms with E-state index in [2.05, 4.69) is 10.1 Å². The molecule has 0 spiro atoms. The van der Waals surface area contributed by atoms with E-state index in [4.69, 9.17) is 11.6 Å². The highest BCUT2D eigenvalue weighted by atomic mass is 35.5. The number of hydrogen-bond acceptors (Lipinski definition) is 4. The fraction of sp³-hybridized carbons (Fsp3) is 0.176. The number of methoxy groups -OCH3 is 1. The molecular weight excluding hydrogens is 318 g/mol. The van der Waals surface area contributed by atoms with Crippen molar-refractivity contribution in [2.45, 2.75) is 12.8 Å². The highest BCUT2D eigenvalue weighted by Crippen LogP contribution is 2.25. The molecule has 0 aliphatic heterocycles. The molecule has 0 atom stereocenters. The van der Waals surface area contributed by atoms with Gasteiger partial charge in [0.1, 0.15) is 5.75 Å². The normalized spacial score (nSPS) is 10.2. The number of rotatable bonds is 5. The van der Waals surface area contributed by atoms with Crippen LogP contribution in [0.1, 0.15) is 22.3 Å². The van der Waals surface area contributed by atoms with Gasteiger partial charge < -0.3 is 15.2 Å². The van der Waals surface area contributed by atoms with Crippen molar-refractivity contribution < 1.29 is 19.4 Å². The van der Waals surface area contributed by atoms with Crippen molar-refractivity contribution in [2.24, 2.45) is 0 Å². The van der Waals surface area contributed by atoms with Gasteiger partial charge in [0.2, 0.25) is 5.91 Å². The first-order valence-corrected chi connectivity index (χ1v) is 7.33. The Labute approximate surface area is 138 Å². The van der Waals surface area contributed by atoms with Crippen LogP contribution in [-0.4, -0.2) is 24.1 Å². The summed E-state index contributed by atoms with van der Waals surface area (Å²) in [6.07, 6.45) is 0.823. The van der Waals surface area contributed by atoms with E-state index in [-0.39, 0.29) is 29.3 Å². The third kappa shape index (κ3) is 4.72. The standard InChI is InChI=1S/C17H16ClNO4/c1-23-17(22)12-5-8-14(15(20)10-12)19-16(21)9-4-11-2-6-13(18)7-3-11/h2-3,5-8,10,20H,4,9H2,1H3,(H,19,21). The Bertz CT molecular complexity index is 713. The van der Waals surface area contributed by atoms with Gasteiger partial charge in [-0.05, 0) is 42.3 Å². The van der Waals surface area contributed by atoms with Crippen molar-refractivity contribution in [2.75, 3.05) is 12.4 Å². The number of hydrogen-bond donors (Lipinski definition) is 2.